The lowest BCUT2D eigenvalue weighted by Crippen LogP contribution is -2.65. The van der Waals surface area contributed by atoms with Crippen molar-refractivity contribution >= 4 is 23.3 Å². The summed E-state index contributed by atoms with van der Waals surface area (Å²) in [5, 5.41) is 14.4. The molecule has 4 nitrogen and oxygen atoms in total. The van der Waals surface area contributed by atoms with E-state index >= 15 is 0 Å². The first kappa shape index (κ1) is 14.9. The van der Waals surface area contributed by atoms with E-state index in [1.165, 1.54) is 12.1 Å². The Kier molecular flexibility index (Phi) is 3.84. The van der Waals surface area contributed by atoms with Gasteiger partial charge in [-0.05, 0) is 18.2 Å². The zero-order chi connectivity index (χ0) is 15.0. The summed E-state index contributed by atoms with van der Waals surface area (Å²) in [6.07, 6.45) is -4.82. The number of benzene rings is 1. The molecule has 1 aliphatic heterocycles. The molecular formula is C12H12ClF3N2O2. The zero-order valence-corrected chi connectivity index (χ0v) is 11.0. The largest absolute Gasteiger partial charge is 0.481 e. The number of alkyl halides is 3. The summed E-state index contributed by atoms with van der Waals surface area (Å²) in [6, 6.07) is 3.37. The monoisotopic (exact) mass is 308 g/mol. The average Bonchev–Trinajstić information content (AvgIpc) is 2.26. The molecule has 1 aromatic carbocycles. The van der Waals surface area contributed by atoms with Crippen molar-refractivity contribution in [1.29, 1.82) is 0 Å². The van der Waals surface area contributed by atoms with Crippen molar-refractivity contribution in [2.75, 3.05) is 18.4 Å². The van der Waals surface area contributed by atoms with Gasteiger partial charge in [0.2, 0.25) is 0 Å². The molecule has 1 aliphatic rings. The third kappa shape index (κ3) is 3.16. The number of rotatable bonds is 4. The second-order valence-corrected chi connectivity index (χ2v) is 5.20. The third-order valence-corrected chi connectivity index (χ3v) is 3.34. The Morgan fingerprint density at radius 3 is 2.55 bits per heavy atom. The molecule has 110 valence electrons. The molecule has 1 heterocycles. The normalized spacial score (nSPS) is 17.4. The highest BCUT2D eigenvalue weighted by Crippen LogP contribution is 2.38. The summed E-state index contributed by atoms with van der Waals surface area (Å²) in [6.45, 7) is 0.582. The first-order valence-corrected chi connectivity index (χ1v) is 6.17. The van der Waals surface area contributed by atoms with E-state index in [1.807, 2.05) is 0 Å². The summed E-state index contributed by atoms with van der Waals surface area (Å²) in [5.41, 5.74) is -1.97. The standard InChI is InChI=1S/C12H12ClF3N2O2/c13-7-1-2-9(8(3-7)12(14,15)16)18-11(4-10(19)20)5-17-6-11/h1-3,17-18H,4-6H2,(H,19,20). The number of carboxylic acid groups (broad SMARTS) is 1. The summed E-state index contributed by atoms with van der Waals surface area (Å²) in [7, 11) is 0. The average molecular weight is 309 g/mol. The molecule has 1 saturated heterocycles. The molecule has 8 heteroatoms. The number of nitrogens with one attached hydrogen (secondary N) is 2. The number of carboxylic acids is 1. The van der Waals surface area contributed by atoms with Gasteiger partial charge in [0.25, 0.3) is 0 Å². The van der Waals surface area contributed by atoms with Crippen molar-refractivity contribution in [3.05, 3.63) is 28.8 Å². The van der Waals surface area contributed by atoms with E-state index in [2.05, 4.69) is 10.6 Å². The summed E-state index contributed by atoms with van der Waals surface area (Å²) >= 11 is 5.59. The van der Waals surface area contributed by atoms with Crippen molar-refractivity contribution in [2.24, 2.45) is 0 Å². The number of hydrogen-bond donors (Lipinski definition) is 3. The fourth-order valence-corrected chi connectivity index (χ4v) is 2.29. The van der Waals surface area contributed by atoms with Crippen LogP contribution in [0.2, 0.25) is 5.02 Å². The van der Waals surface area contributed by atoms with Crippen LogP contribution in [0.3, 0.4) is 0 Å². The Bertz CT molecular complexity index is 530. The molecule has 0 saturated carbocycles. The fourth-order valence-electron chi connectivity index (χ4n) is 2.12. The maximum atomic E-state index is 13.0. The van der Waals surface area contributed by atoms with Gasteiger partial charge in [0, 0.05) is 23.8 Å². The van der Waals surface area contributed by atoms with Gasteiger partial charge in [0.15, 0.2) is 0 Å². The molecule has 0 spiro atoms. The van der Waals surface area contributed by atoms with Crippen LogP contribution in [0.5, 0.6) is 0 Å². The number of halogens is 4. The molecule has 0 bridgehead atoms. The Balaban J connectivity index is 2.31. The minimum absolute atomic E-state index is 0.0260. The minimum atomic E-state index is -4.56. The van der Waals surface area contributed by atoms with Crippen molar-refractivity contribution in [3.8, 4) is 0 Å². The summed E-state index contributed by atoms with van der Waals surface area (Å²) in [5.74, 6) is -1.07. The van der Waals surface area contributed by atoms with Gasteiger partial charge in [0.05, 0.1) is 17.5 Å². The van der Waals surface area contributed by atoms with Crippen molar-refractivity contribution in [3.63, 3.8) is 0 Å². The van der Waals surface area contributed by atoms with Crippen LogP contribution in [0, 0.1) is 0 Å². The second-order valence-electron chi connectivity index (χ2n) is 4.77. The fraction of sp³-hybridized carbons (Fsp3) is 0.417. The molecule has 0 radical (unpaired) electrons. The molecule has 1 fully saturated rings. The molecule has 0 unspecified atom stereocenters. The van der Waals surface area contributed by atoms with Crippen LogP contribution in [-0.4, -0.2) is 29.7 Å². The van der Waals surface area contributed by atoms with E-state index in [0.717, 1.165) is 6.07 Å². The maximum Gasteiger partial charge on any atom is 0.418 e. The van der Waals surface area contributed by atoms with E-state index < -0.39 is 23.2 Å². The first-order valence-electron chi connectivity index (χ1n) is 5.79. The smallest absolute Gasteiger partial charge is 0.418 e. The topological polar surface area (TPSA) is 61.4 Å². The van der Waals surface area contributed by atoms with Crippen molar-refractivity contribution < 1.29 is 23.1 Å². The van der Waals surface area contributed by atoms with E-state index in [4.69, 9.17) is 16.7 Å². The van der Waals surface area contributed by atoms with Crippen LogP contribution in [0.15, 0.2) is 18.2 Å². The van der Waals surface area contributed by atoms with Crippen LogP contribution < -0.4 is 10.6 Å². The zero-order valence-electron chi connectivity index (χ0n) is 10.2. The molecule has 0 amide bonds. The summed E-state index contributed by atoms with van der Waals surface area (Å²) < 4.78 is 38.9. The van der Waals surface area contributed by atoms with E-state index in [9.17, 15) is 18.0 Å². The molecule has 1 aromatic rings. The molecule has 3 N–H and O–H groups in total. The van der Waals surface area contributed by atoms with Gasteiger partial charge in [-0.25, -0.2) is 0 Å². The number of anilines is 1. The lowest BCUT2D eigenvalue weighted by Gasteiger charge is -2.43. The number of carbonyl (C=O) groups is 1. The van der Waals surface area contributed by atoms with Gasteiger partial charge in [0.1, 0.15) is 0 Å². The highest BCUT2D eigenvalue weighted by molar-refractivity contribution is 6.30. The molecule has 0 aromatic heterocycles. The van der Waals surface area contributed by atoms with Gasteiger partial charge in [-0.1, -0.05) is 11.6 Å². The lowest BCUT2D eigenvalue weighted by molar-refractivity contribution is -0.138. The maximum absolute atomic E-state index is 13.0. The van der Waals surface area contributed by atoms with Gasteiger partial charge in [-0.3, -0.25) is 4.79 Å². The van der Waals surface area contributed by atoms with Crippen LogP contribution in [0.4, 0.5) is 18.9 Å². The van der Waals surface area contributed by atoms with E-state index in [0.29, 0.717) is 13.1 Å². The Morgan fingerprint density at radius 2 is 2.10 bits per heavy atom. The highest BCUT2D eigenvalue weighted by atomic mass is 35.5. The van der Waals surface area contributed by atoms with E-state index in [-0.39, 0.29) is 17.1 Å². The SMILES string of the molecule is O=C(O)CC1(Nc2ccc(Cl)cc2C(F)(F)F)CNC1. The van der Waals surface area contributed by atoms with Crippen LogP contribution >= 0.6 is 11.6 Å². The quantitative estimate of drug-likeness (QED) is 0.800. The predicted octanol–water partition coefficient (Wildman–Crippen LogP) is 2.59. The van der Waals surface area contributed by atoms with Crippen molar-refractivity contribution in [1.82, 2.24) is 5.32 Å². The summed E-state index contributed by atoms with van der Waals surface area (Å²) in [4.78, 5) is 10.8. The van der Waals surface area contributed by atoms with Gasteiger partial charge in [-0.15, -0.1) is 0 Å². The minimum Gasteiger partial charge on any atom is -0.481 e. The van der Waals surface area contributed by atoms with Gasteiger partial charge < -0.3 is 15.7 Å². The molecular weight excluding hydrogens is 297 g/mol. The molecule has 0 aliphatic carbocycles. The highest BCUT2D eigenvalue weighted by Gasteiger charge is 2.41. The Labute approximate surface area is 117 Å². The Hall–Kier alpha value is -1.47. The van der Waals surface area contributed by atoms with Crippen LogP contribution in [-0.2, 0) is 11.0 Å². The third-order valence-electron chi connectivity index (χ3n) is 3.10. The molecule has 20 heavy (non-hydrogen) atoms. The second kappa shape index (κ2) is 5.14. The number of aliphatic carboxylic acids is 1. The predicted molar refractivity (Wildman–Crippen MR) is 67.9 cm³/mol. The Morgan fingerprint density at radius 1 is 1.45 bits per heavy atom. The number of hydrogen-bond acceptors (Lipinski definition) is 3. The van der Waals surface area contributed by atoms with Crippen LogP contribution in [0.25, 0.3) is 0 Å². The first-order chi connectivity index (χ1) is 9.22. The van der Waals surface area contributed by atoms with Gasteiger partial charge in [-0.2, -0.15) is 13.2 Å². The van der Waals surface area contributed by atoms with Crippen LogP contribution in [0.1, 0.15) is 12.0 Å². The molecule has 0 atom stereocenters. The van der Waals surface area contributed by atoms with E-state index in [1.54, 1.807) is 0 Å². The molecule has 2 rings (SSSR count). The lowest BCUT2D eigenvalue weighted by atomic mass is 9.88. The van der Waals surface area contributed by atoms with Gasteiger partial charge >= 0.3 is 12.1 Å². The van der Waals surface area contributed by atoms with Crippen molar-refractivity contribution in [2.45, 2.75) is 18.1 Å².